The van der Waals surface area contributed by atoms with Gasteiger partial charge in [0.25, 0.3) is 0 Å². The molecule has 1 aliphatic carbocycles. The second-order valence-electron chi connectivity index (χ2n) is 6.38. The minimum Gasteiger partial charge on any atom is -0.356 e. The second kappa shape index (κ2) is 7.63. The van der Waals surface area contributed by atoms with E-state index in [2.05, 4.69) is 14.9 Å². The fourth-order valence-electron chi connectivity index (χ4n) is 3.23. The van der Waals surface area contributed by atoms with Gasteiger partial charge in [-0.15, -0.1) is 23.7 Å². The quantitative estimate of drug-likeness (QED) is 0.848. The lowest BCUT2D eigenvalue weighted by Gasteiger charge is -2.26. The van der Waals surface area contributed by atoms with E-state index in [0.717, 1.165) is 36.4 Å². The molecule has 2 heterocycles. The van der Waals surface area contributed by atoms with E-state index in [1.54, 1.807) is 6.07 Å². The predicted octanol–water partition coefficient (Wildman–Crippen LogP) is 4.10. The second-order valence-corrected chi connectivity index (χ2v) is 7.49. The molecule has 0 saturated heterocycles. The third-order valence-corrected chi connectivity index (χ3v) is 5.52. The highest BCUT2D eigenvalue weighted by Crippen LogP contribution is 2.36. The molecule has 1 aliphatic rings. The minimum atomic E-state index is -4.22. The summed E-state index contributed by atoms with van der Waals surface area (Å²) in [7, 11) is 1.95. The van der Waals surface area contributed by atoms with Gasteiger partial charge in [-0.3, -0.25) is 0 Å². The Bertz CT molecular complexity index is 734. The zero-order chi connectivity index (χ0) is 17.5. The molecule has 140 valence electrons. The summed E-state index contributed by atoms with van der Waals surface area (Å²) in [5, 5.41) is 0.708. The van der Waals surface area contributed by atoms with Crippen molar-refractivity contribution in [3.63, 3.8) is 0 Å². The first-order chi connectivity index (χ1) is 11.3. The number of anilines is 1. The van der Waals surface area contributed by atoms with Crippen molar-refractivity contribution in [2.75, 3.05) is 11.9 Å². The van der Waals surface area contributed by atoms with E-state index >= 15 is 0 Å². The van der Waals surface area contributed by atoms with Gasteiger partial charge in [-0.05, 0) is 25.3 Å². The van der Waals surface area contributed by atoms with Crippen LogP contribution in [0.2, 0.25) is 0 Å². The molecule has 1 saturated carbocycles. The van der Waals surface area contributed by atoms with E-state index in [0.29, 0.717) is 22.5 Å². The third kappa shape index (κ3) is 4.54. The summed E-state index contributed by atoms with van der Waals surface area (Å²) in [6.45, 7) is 1.95. The first-order valence-electron chi connectivity index (χ1n) is 8.11. The molecule has 0 spiro atoms. The number of nitrogens with zero attached hydrogens (tertiary/aromatic N) is 3. The summed E-state index contributed by atoms with van der Waals surface area (Å²) in [6.07, 6.45) is -1.67. The molecule has 9 heteroatoms. The monoisotopic (exact) mass is 394 g/mol. The summed E-state index contributed by atoms with van der Waals surface area (Å²) < 4.78 is 38.1. The molecule has 0 aliphatic heterocycles. The van der Waals surface area contributed by atoms with Crippen LogP contribution in [0.1, 0.15) is 36.9 Å². The fourth-order valence-corrected chi connectivity index (χ4v) is 4.30. The Balaban J connectivity index is 0.00000225. The predicted molar refractivity (Wildman–Crippen MR) is 97.8 cm³/mol. The van der Waals surface area contributed by atoms with E-state index in [1.165, 1.54) is 0 Å². The van der Waals surface area contributed by atoms with Crippen molar-refractivity contribution in [2.45, 2.75) is 57.3 Å². The van der Waals surface area contributed by atoms with Crippen LogP contribution >= 0.6 is 23.7 Å². The molecule has 4 nitrogen and oxygen atoms in total. The van der Waals surface area contributed by atoms with Crippen LogP contribution in [0.3, 0.4) is 0 Å². The maximum absolute atomic E-state index is 12.7. The lowest BCUT2D eigenvalue weighted by molar-refractivity contribution is -0.126. The lowest BCUT2D eigenvalue weighted by atomic mass is 10.2. The number of rotatable bonds is 4. The zero-order valence-corrected chi connectivity index (χ0v) is 15.8. The molecular weight excluding hydrogens is 373 g/mol. The van der Waals surface area contributed by atoms with Crippen molar-refractivity contribution in [2.24, 2.45) is 5.73 Å². The maximum atomic E-state index is 12.7. The highest BCUT2D eigenvalue weighted by Gasteiger charge is 2.31. The number of alkyl halides is 3. The van der Waals surface area contributed by atoms with Gasteiger partial charge in [-0.1, -0.05) is 6.92 Å². The highest BCUT2D eigenvalue weighted by atomic mass is 35.5. The Hall–Kier alpha value is -1.12. The Morgan fingerprint density at radius 3 is 2.60 bits per heavy atom. The van der Waals surface area contributed by atoms with Gasteiger partial charge in [0, 0.05) is 30.4 Å². The van der Waals surface area contributed by atoms with Gasteiger partial charge in [0.15, 0.2) is 0 Å². The SMILES string of the molecule is CCc1nc(N(C)[C@@H]2CC[C@H](N)C2)c2cc(CC(F)(F)F)sc2n1.Cl. The van der Waals surface area contributed by atoms with E-state index in [-0.39, 0.29) is 29.4 Å². The Morgan fingerprint density at radius 2 is 2.04 bits per heavy atom. The largest absolute Gasteiger partial charge is 0.393 e. The lowest BCUT2D eigenvalue weighted by Crippen LogP contribution is -2.32. The van der Waals surface area contributed by atoms with Crippen molar-refractivity contribution < 1.29 is 13.2 Å². The molecule has 0 unspecified atom stereocenters. The molecule has 0 radical (unpaired) electrons. The Kier molecular flexibility index (Phi) is 6.17. The molecule has 0 amide bonds. The van der Waals surface area contributed by atoms with Gasteiger partial charge >= 0.3 is 6.18 Å². The number of fused-ring (bicyclic) bond motifs is 1. The van der Waals surface area contributed by atoms with Gasteiger partial charge in [-0.25, -0.2) is 9.97 Å². The van der Waals surface area contributed by atoms with Crippen LogP contribution in [0.5, 0.6) is 0 Å². The molecule has 2 N–H and O–H groups in total. The molecular formula is C16H22ClF3N4S. The van der Waals surface area contributed by atoms with E-state index in [9.17, 15) is 13.2 Å². The number of nitrogens with two attached hydrogens (primary N) is 1. The van der Waals surface area contributed by atoms with Crippen LogP contribution in [-0.4, -0.2) is 35.3 Å². The fraction of sp³-hybridized carbons (Fsp3) is 0.625. The van der Waals surface area contributed by atoms with Crippen LogP contribution in [-0.2, 0) is 12.8 Å². The van der Waals surface area contributed by atoms with E-state index in [4.69, 9.17) is 5.73 Å². The summed E-state index contributed by atoms with van der Waals surface area (Å²) >= 11 is 1.11. The van der Waals surface area contributed by atoms with Crippen molar-refractivity contribution >= 4 is 39.8 Å². The number of hydrogen-bond acceptors (Lipinski definition) is 5. The average Bonchev–Trinajstić information content (AvgIpc) is 3.09. The van der Waals surface area contributed by atoms with Crippen LogP contribution in [0, 0.1) is 0 Å². The van der Waals surface area contributed by atoms with Crippen LogP contribution in [0.4, 0.5) is 19.0 Å². The summed E-state index contributed by atoms with van der Waals surface area (Å²) in [4.78, 5) is 12.0. The number of aryl methyl sites for hydroxylation is 1. The maximum Gasteiger partial charge on any atom is 0.393 e. The number of halogens is 4. The standard InChI is InChI=1S/C16H21F3N4S.ClH/c1-3-13-21-14(23(2)10-5-4-9(20)6-10)12-7-11(8-16(17,18)19)24-15(12)22-13;/h7,9-10H,3-6,8,20H2,1-2H3;1H/t9-,10+;/m0./s1. The van der Waals surface area contributed by atoms with Gasteiger partial charge < -0.3 is 10.6 Å². The topological polar surface area (TPSA) is 55.0 Å². The molecule has 3 rings (SSSR count). The van der Waals surface area contributed by atoms with E-state index < -0.39 is 12.6 Å². The first-order valence-corrected chi connectivity index (χ1v) is 8.93. The zero-order valence-electron chi connectivity index (χ0n) is 14.1. The molecule has 2 aromatic rings. The highest BCUT2D eigenvalue weighted by molar-refractivity contribution is 7.18. The van der Waals surface area contributed by atoms with Gasteiger partial charge in [-0.2, -0.15) is 13.2 Å². The molecule has 1 fully saturated rings. The van der Waals surface area contributed by atoms with Crippen LogP contribution < -0.4 is 10.6 Å². The van der Waals surface area contributed by atoms with Crippen molar-refractivity contribution in [1.82, 2.24) is 9.97 Å². The normalized spacial score (nSPS) is 20.7. The van der Waals surface area contributed by atoms with Crippen LogP contribution in [0.15, 0.2) is 6.07 Å². The average molecular weight is 395 g/mol. The smallest absolute Gasteiger partial charge is 0.356 e. The number of hydrogen-bond donors (Lipinski definition) is 1. The third-order valence-electron chi connectivity index (χ3n) is 4.49. The summed E-state index contributed by atoms with van der Waals surface area (Å²) in [6, 6.07) is 2.05. The van der Waals surface area contributed by atoms with Gasteiger partial charge in [0.1, 0.15) is 16.5 Å². The molecule has 2 aromatic heterocycles. The van der Waals surface area contributed by atoms with Crippen LogP contribution in [0.25, 0.3) is 10.2 Å². The number of thiophene rings is 1. The molecule has 0 aromatic carbocycles. The summed E-state index contributed by atoms with van der Waals surface area (Å²) in [5.74, 6) is 1.38. The number of aromatic nitrogens is 2. The Morgan fingerprint density at radius 1 is 1.32 bits per heavy atom. The van der Waals surface area contributed by atoms with Crippen molar-refractivity contribution in [3.8, 4) is 0 Å². The molecule has 25 heavy (non-hydrogen) atoms. The van der Waals surface area contributed by atoms with Crippen molar-refractivity contribution in [1.29, 1.82) is 0 Å². The molecule has 2 atom stereocenters. The summed E-state index contributed by atoms with van der Waals surface area (Å²) in [5.41, 5.74) is 6.00. The van der Waals surface area contributed by atoms with Gasteiger partial charge in [0.2, 0.25) is 0 Å². The minimum absolute atomic E-state index is 0. The first kappa shape index (κ1) is 20.2. The van der Waals surface area contributed by atoms with Crippen molar-refractivity contribution in [3.05, 3.63) is 16.8 Å². The van der Waals surface area contributed by atoms with Gasteiger partial charge in [0.05, 0.1) is 11.8 Å². The van der Waals surface area contributed by atoms with E-state index in [1.807, 2.05) is 14.0 Å². The molecule has 0 bridgehead atoms. The Labute approximate surface area is 155 Å².